The van der Waals surface area contributed by atoms with Crippen LogP contribution >= 0.6 is 0 Å². The van der Waals surface area contributed by atoms with Crippen molar-refractivity contribution in [2.75, 3.05) is 6.61 Å². The SMILES string of the molecule is C[Si](C)(C)CCOCn1ncnc1-c1cncc(-c2cc(O)ccc2OCc2ccccc2)c1. The molecule has 2 aromatic heterocycles. The third-order valence-electron chi connectivity index (χ3n) is 5.33. The average Bonchev–Trinajstić information content (AvgIpc) is 3.30. The van der Waals surface area contributed by atoms with Crippen molar-refractivity contribution in [1.29, 1.82) is 0 Å². The van der Waals surface area contributed by atoms with Gasteiger partial charge in [-0.15, -0.1) is 0 Å². The molecule has 0 aliphatic heterocycles. The van der Waals surface area contributed by atoms with Gasteiger partial charge in [-0.25, -0.2) is 9.67 Å². The molecule has 0 aliphatic rings. The van der Waals surface area contributed by atoms with Crippen LogP contribution < -0.4 is 4.74 Å². The first-order valence-corrected chi connectivity index (χ1v) is 15.0. The molecule has 4 aromatic rings. The summed E-state index contributed by atoms with van der Waals surface area (Å²) < 4.78 is 13.7. The fraction of sp³-hybridized carbons (Fsp3) is 0.269. The van der Waals surface area contributed by atoms with Crippen LogP contribution in [0.4, 0.5) is 0 Å². The normalized spacial score (nSPS) is 11.5. The summed E-state index contributed by atoms with van der Waals surface area (Å²) in [6, 6.07) is 18.1. The first-order valence-electron chi connectivity index (χ1n) is 11.3. The molecule has 0 aliphatic carbocycles. The summed E-state index contributed by atoms with van der Waals surface area (Å²) in [4.78, 5) is 8.85. The van der Waals surface area contributed by atoms with Crippen LogP contribution in [-0.4, -0.2) is 39.5 Å². The molecule has 0 spiro atoms. The number of hydrogen-bond donors (Lipinski definition) is 1. The lowest BCUT2D eigenvalue weighted by Crippen LogP contribution is -2.22. The maximum Gasteiger partial charge on any atom is 0.162 e. The molecule has 34 heavy (non-hydrogen) atoms. The van der Waals surface area contributed by atoms with Gasteiger partial charge in [0.2, 0.25) is 0 Å². The van der Waals surface area contributed by atoms with Gasteiger partial charge in [0.15, 0.2) is 5.82 Å². The predicted molar refractivity (Wildman–Crippen MR) is 135 cm³/mol. The maximum absolute atomic E-state index is 10.1. The third-order valence-corrected chi connectivity index (χ3v) is 7.04. The van der Waals surface area contributed by atoms with Crippen LogP contribution in [0.5, 0.6) is 11.5 Å². The largest absolute Gasteiger partial charge is 0.508 e. The van der Waals surface area contributed by atoms with E-state index in [1.165, 1.54) is 6.33 Å². The van der Waals surface area contributed by atoms with E-state index < -0.39 is 8.07 Å². The first kappa shape index (κ1) is 23.7. The van der Waals surface area contributed by atoms with Crippen molar-refractivity contribution < 1.29 is 14.6 Å². The Balaban J connectivity index is 1.55. The Morgan fingerprint density at radius 1 is 0.971 bits per heavy atom. The molecule has 0 saturated carbocycles. The van der Waals surface area contributed by atoms with Gasteiger partial charge in [-0.2, -0.15) is 5.10 Å². The summed E-state index contributed by atoms with van der Waals surface area (Å²) in [5.74, 6) is 1.50. The summed E-state index contributed by atoms with van der Waals surface area (Å²) in [6.45, 7) is 8.45. The van der Waals surface area contributed by atoms with E-state index in [-0.39, 0.29) is 5.75 Å². The summed E-state index contributed by atoms with van der Waals surface area (Å²) in [5.41, 5.74) is 3.44. The van der Waals surface area contributed by atoms with Gasteiger partial charge in [-0.05, 0) is 35.9 Å². The van der Waals surface area contributed by atoms with Crippen molar-refractivity contribution in [1.82, 2.24) is 19.7 Å². The number of aromatic nitrogens is 4. The standard InChI is InChI=1S/C26H30N4O3Si/c1-34(2,3)12-11-32-19-30-26(28-18-29-30)22-13-21(15-27-16-22)24-14-23(31)9-10-25(24)33-17-20-7-5-4-6-8-20/h4-10,13-16,18,31H,11-12,17,19H2,1-3H3. The quantitative estimate of drug-likeness (QED) is 0.238. The van der Waals surface area contributed by atoms with Crippen LogP contribution in [-0.2, 0) is 18.1 Å². The molecule has 0 radical (unpaired) electrons. The molecule has 0 fully saturated rings. The minimum absolute atomic E-state index is 0.159. The zero-order valence-electron chi connectivity index (χ0n) is 19.8. The van der Waals surface area contributed by atoms with Crippen LogP contribution in [0.2, 0.25) is 25.7 Å². The Morgan fingerprint density at radius 2 is 1.76 bits per heavy atom. The van der Waals surface area contributed by atoms with Gasteiger partial charge in [0.05, 0.1) is 0 Å². The van der Waals surface area contributed by atoms with E-state index in [4.69, 9.17) is 9.47 Å². The second kappa shape index (κ2) is 10.6. The van der Waals surface area contributed by atoms with Gasteiger partial charge in [0.1, 0.15) is 31.2 Å². The van der Waals surface area contributed by atoms with E-state index in [0.717, 1.165) is 28.3 Å². The maximum atomic E-state index is 10.1. The zero-order valence-corrected chi connectivity index (χ0v) is 20.8. The van der Waals surface area contributed by atoms with Crippen LogP contribution in [0.3, 0.4) is 0 Å². The monoisotopic (exact) mass is 474 g/mol. The highest BCUT2D eigenvalue weighted by molar-refractivity contribution is 6.76. The Hall–Kier alpha value is -3.49. The van der Waals surface area contributed by atoms with E-state index in [1.54, 1.807) is 35.3 Å². The van der Waals surface area contributed by atoms with Gasteiger partial charge >= 0.3 is 0 Å². The fourth-order valence-corrected chi connectivity index (χ4v) is 4.18. The molecule has 1 N–H and O–H groups in total. The van der Waals surface area contributed by atoms with Gasteiger partial charge in [-0.3, -0.25) is 4.98 Å². The van der Waals surface area contributed by atoms with E-state index in [1.807, 2.05) is 36.4 Å². The Labute approximate surface area is 201 Å². The van der Waals surface area contributed by atoms with Gasteiger partial charge in [-0.1, -0.05) is 50.0 Å². The van der Waals surface area contributed by atoms with Gasteiger partial charge in [0, 0.05) is 43.8 Å². The number of phenols is 1. The number of hydrogen-bond acceptors (Lipinski definition) is 6. The second-order valence-corrected chi connectivity index (χ2v) is 15.0. The Bertz CT molecular complexity index is 1220. The molecule has 0 saturated heterocycles. The highest BCUT2D eigenvalue weighted by Crippen LogP contribution is 2.35. The summed E-state index contributed by atoms with van der Waals surface area (Å²) in [7, 11) is -1.15. The van der Waals surface area contributed by atoms with Crippen LogP contribution in [0.15, 0.2) is 73.3 Å². The molecule has 8 heteroatoms. The van der Waals surface area contributed by atoms with Crippen LogP contribution in [0, 0.1) is 0 Å². The summed E-state index contributed by atoms with van der Waals surface area (Å²) >= 11 is 0. The number of rotatable bonds is 10. The van der Waals surface area contributed by atoms with E-state index in [9.17, 15) is 5.11 Å². The molecule has 0 bridgehead atoms. The van der Waals surface area contributed by atoms with Crippen molar-refractivity contribution >= 4 is 8.07 Å². The molecule has 0 unspecified atom stereocenters. The number of pyridine rings is 1. The average molecular weight is 475 g/mol. The molecular formula is C26H30N4O3Si. The van der Waals surface area contributed by atoms with Crippen molar-refractivity contribution in [2.45, 2.75) is 39.0 Å². The highest BCUT2D eigenvalue weighted by atomic mass is 28.3. The number of nitrogens with zero attached hydrogens (tertiary/aromatic N) is 4. The van der Waals surface area contributed by atoms with E-state index >= 15 is 0 Å². The van der Waals surface area contributed by atoms with Crippen molar-refractivity contribution in [3.05, 3.63) is 78.9 Å². The fourth-order valence-electron chi connectivity index (χ4n) is 3.43. The zero-order chi connectivity index (χ0) is 24.0. The lowest BCUT2D eigenvalue weighted by Gasteiger charge is -2.15. The van der Waals surface area contributed by atoms with Gasteiger partial charge < -0.3 is 14.6 Å². The van der Waals surface area contributed by atoms with Gasteiger partial charge in [0.25, 0.3) is 0 Å². The summed E-state index contributed by atoms with van der Waals surface area (Å²) in [6.07, 6.45) is 5.02. The molecular weight excluding hydrogens is 444 g/mol. The van der Waals surface area contributed by atoms with Crippen LogP contribution in [0.25, 0.3) is 22.5 Å². The number of phenolic OH excluding ortho intramolecular Hbond substituents is 1. The Kier molecular flexibility index (Phi) is 7.39. The number of ether oxygens (including phenoxy) is 2. The van der Waals surface area contributed by atoms with Crippen LogP contribution in [0.1, 0.15) is 5.56 Å². The minimum atomic E-state index is -1.15. The van der Waals surface area contributed by atoms with Crippen molar-refractivity contribution in [2.24, 2.45) is 0 Å². The van der Waals surface area contributed by atoms with E-state index in [0.29, 0.717) is 31.5 Å². The number of aromatic hydroxyl groups is 1. The molecule has 2 heterocycles. The topological polar surface area (TPSA) is 82.3 Å². The highest BCUT2D eigenvalue weighted by Gasteiger charge is 2.15. The molecule has 7 nitrogen and oxygen atoms in total. The molecule has 0 atom stereocenters. The van der Waals surface area contributed by atoms with Crippen molar-refractivity contribution in [3.63, 3.8) is 0 Å². The molecule has 4 rings (SSSR count). The lowest BCUT2D eigenvalue weighted by molar-refractivity contribution is 0.0796. The predicted octanol–water partition coefficient (Wildman–Crippen LogP) is 5.60. The Morgan fingerprint density at radius 3 is 2.56 bits per heavy atom. The third kappa shape index (κ3) is 6.30. The molecule has 0 amide bonds. The van der Waals surface area contributed by atoms with E-state index in [2.05, 4.69) is 34.7 Å². The second-order valence-electron chi connectivity index (χ2n) is 9.35. The smallest absolute Gasteiger partial charge is 0.162 e. The molecule has 176 valence electrons. The minimum Gasteiger partial charge on any atom is -0.508 e. The molecule has 2 aromatic carbocycles. The van der Waals surface area contributed by atoms with Crippen molar-refractivity contribution in [3.8, 4) is 34.0 Å². The first-order chi connectivity index (χ1) is 16.4. The lowest BCUT2D eigenvalue weighted by atomic mass is 10.0. The number of benzene rings is 2. The summed E-state index contributed by atoms with van der Waals surface area (Å²) in [5, 5.41) is 14.5.